The summed E-state index contributed by atoms with van der Waals surface area (Å²) in [7, 11) is 0. The largest absolute Gasteiger partial charge is 0.381 e. The zero-order valence-corrected chi connectivity index (χ0v) is 12.7. The van der Waals surface area contributed by atoms with E-state index in [1.54, 1.807) is 10.6 Å². The quantitative estimate of drug-likeness (QED) is 0.930. The third-order valence-electron chi connectivity index (χ3n) is 4.38. The highest BCUT2D eigenvalue weighted by Crippen LogP contribution is 2.38. The van der Waals surface area contributed by atoms with Crippen LogP contribution in [0.2, 0.25) is 0 Å². The highest BCUT2D eigenvalue weighted by atomic mass is 16.1. The molecular formula is C18H22N2O. The maximum absolute atomic E-state index is 11.6. The zero-order valence-electron chi connectivity index (χ0n) is 12.7. The predicted octanol–water partition coefficient (Wildman–Crippen LogP) is 3.53. The smallest absolute Gasteiger partial charge is 0.250 e. The number of anilines is 1. The second kappa shape index (κ2) is 5.76. The first-order valence-electron chi connectivity index (χ1n) is 7.69. The number of pyridine rings is 1. The second-order valence-electron chi connectivity index (χ2n) is 5.96. The molecule has 3 nitrogen and oxygen atoms in total. The molecule has 0 aliphatic heterocycles. The molecule has 1 aliphatic carbocycles. The van der Waals surface area contributed by atoms with E-state index in [2.05, 4.69) is 36.5 Å². The second-order valence-corrected chi connectivity index (χ2v) is 5.96. The first-order chi connectivity index (χ1) is 10.2. The molecule has 1 aromatic carbocycles. The van der Waals surface area contributed by atoms with Crippen LogP contribution in [-0.4, -0.2) is 10.6 Å². The Morgan fingerprint density at radius 2 is 1.86 bits per heavy atom. The van der Waals surface area contributed by atoms with Crippen LogP contribution in [0.5, 0.6) is 0 Å². The number of rotatable bonds is 4. The SMILES string of the molecule is CCn1cc(NC2CC(c3ccc(C)cc3)C2)ccc1=O. The van der Waals surface area contributed by atoms with Crippen molar-refractivity contribution >= 4 is 5.69 Å². The minimum Gasteiger partial charge on any atom is -0.381 e. The van der Waals surface area contributed by atoms with Crippen molar-refractivity contribution < 1.29 is 0 Å². The molecule has 3 heteroatoms. The predicted molar refractivity (Wildman–Crippen MR) is 86.9 cm³/mol. The summed E-state index contributed by atoms with van der Waals surface area (Å²) in [6, 6.07) is 12.9. The fourth-order valence-electron chi connectivity index (χ4n) is 2.95. The van der Waals surface area contributed by atoms with Gasteiger partial charge in [-0.3, -0.25) is 4.79 Å². The van der Waals surface area contributed by atoms with Crippen molar-refractivity contribution in [2.45, 2.75) is 45.2 Å². The Morgan fingerprint density at radius 1 is 1.14 bits per heavy atom. The molecule has 1 aromatic heterocycles. The van der Waals surface area contributed by atoms with Gasteiger partial charge in [0.05, 0.1) is 5.69 Å². The molecule has 0 bridgehead atoms. The van der Waals surface area contributed by atoms with Crippen LogP contribution in [0, 0.1) is 6.92 Å². The lowest BCUT2D eigenvalue weighted by Crippen LogP contribution is -2.34. The Morgan fingerprint density at radius 3 is 2.52 bits per heavy atom. The van der Waals surface area contributed by atoms with Gasteiger partial charge in [0.1, 0.15) is 0 Å². The van der Waals surface area contributed by atoms with Gasteiger partial charge in [0.25, 0.3) is 5.56 Å². The maximum Gasteiger partial charge on any atom is 0.250 e. The van der Waals surface area contributed by atoms with E-state index >= 15 is 0 Å². The highest BCUT2D eigenvalue weighted by molar-refractivity contribution is 5.43. The Labute approximate surface area is 125 Å². The van der Waals surface area contributed by atoms with Gasteiger partial charge in [-0.2, -0.15) is 0 Å². The van der Waals surface area contributed by atoms with Crippen molar-refractivity contribution in [3.05, 3.63) is 64.1 Å². The van der Waals surface area contributed by atoms with Gasteiger partial charge in [0, 0.05) is 24.8 Å². The number of aryl methyl sites for hydroxylation is 2. The fourth-order valence-corrected chi connectivity index (χ4v) is 2.95. The van der Waals surface area contributed by atoms with Crippen LogP contribution in [0.3, 0.4) is 0 Å². The van der Waals surface area contributed by atoms with E-state index in [4.69, 9.17) is 0 Å². The van der Waals surface area contributed by atoms with E-state index < -0.39 is 0 Å². The number of nitrogens with one attached hydrogen (secondary N) is 1. The van der Waals surface area contributed by atoms with Gasteiger partial charge in [0.2, 0.25) is 0 Å². The number of aromatic nitrogens is 1. The van der Waals surface area contributed by atoms with Crippen LogP contribution >= 0.6 is 0 Å². The normalized spacial score (nSPS) is 20.9. The van der Waals surface area contributed by atoms with Gasteiger partial charge in [-0.15, -0.1) is 0 Å². The molecule has 0 saturated heterocycles. The van der Waals surface area contributed by atoms with Crippen molar-refractivity contribution in [2.75, 3.05) is 5.32 Å². The molecule has 1 saturated carbocycles. The van der Waals surface area contributed by atoms with Crippen molar-refractivity contribution in [3.8, 4) is 0 Å². The molecule has 1 N–H and O–H groups in total. The molecule has 110 valence electrons. The van der Waals surface area contributed by atoms with Crippen LogP contribution < -0.4 is 10.9 Å². The molecule has 1 heterocycles. The Bertz CT molecular complexity index is 666. The summed E-state index contributed by atoms with van der Waals surface area (Å²) in [6.45, 7) is 4.82. The lowest BCUT2D eigenvalue weighted by atomic mass is 9.75. The molecule has 0 radical (unpaired) electrons. The lowest BCUT2D eigenvalue weighted by molar-refractivity contribution is 0.374. The molecule has 1 fully saturated rings. The van der Waals surface area contributed by atoms with Crippen molar-refractivity contribution in [2.24, 2.45) is 0 Å². The number of benzene rings is 1. The average molecular weight is 282 g/mol. The number of nitrogens with zero attached hydrogens (tertiary/aromatic N) is 1. The summed E-state index contributed by atoms with van der Waals surface area (Å²) >= 11 is 0. The number of hydrogen-bond donors (Lipinski definition) is 1. The first-order valence-corrected chi connectivity index (χ1v) is 7.69. The minimum absolute atomic E-state index is 0.0641. The maximum atomic E-state index is 11.6. The van der Waals surface area contributed by atoms with Gasteiger partial charge in [-0.1, -0.05) is 29.8 Å². The van der Waals surface area contributed by atoms with Crippen molar-refractivity contribution in [1.29, 1.82) is 0 Å². The summed E-state index contributed by atoms with van der Waals surface area (Å²) in [5.41, 5.74) is 3.87. The Kier molecular flexibility index (Phi) is 3.82. The molecule has 2 aromatic rings. The first kappa shape index (κ1) is 13.9. The van der Waals surface area contributed by atoms with E-state index in [0.29, 0.717) is 18.5 Å². The van der Waals surface area contributed by atoms with E-state index in [1.165, 1.54) is 11.1 Å². The van der Waals surface area contributed by atoms with Crippen molar-refractivity contribution in [1.82, 2.24) is 4.57 Å². The van der Waals surface area contributed by atoms with E-state index in [-0.39, 0.29) is 5.56 Å². The standard InChI is InChI=1S/C18H22N2O/c1-3-20-12-16(8-9-18(20)21)19-17-10-15(11-17)14-6-4-13(2)5-7-14/h4-9,12,15,17,19H,3,10-11H2,1-2H3. The molecular weight excluding hydrogens is 260 g/mol. The highest BCUT2D eigenvalue weighted by Gasteiger charge is 2.30. The third kappa shape index (κ3) is 3.02. The van der Waals surface area contributed by atoms with Gasteiger partial charge in [-0.05, 0) is 44.2 Å². The summed E-state index contributed by atoms with van der Waals surface area (Å²) in [6.07, 6.45) is 4.24. The minimum atomic E-state index is 0.0641. The van der Waals surface area contributed by atoms with E-state index in [0.717, 1.165) is 18.5 Å². The Hall–Kier alpha value is -2.03. The van der Waals surface area contributed by atoms with Crippen LogP contribution in [-0.2, 0) is 6.54 Å². The van der Waals surface area contributed by atoms with Gasteiger partial charge in [0.15, 0.2) is 0 Å². The molecule has 3 rings (SSSR count). The van der Waals surface area contributed by atoms with Crippen LogP contribution in [0.4, 0.5) is 5.69 Å². The Balaban J connectivity index is 1.59. The summed E-state index contributed by atoms with van der Waals surface area (Å²) < 4.78 is 1.73. The summed E-state index contributed by atoms with van der Waals surface area (Å²) in [4.78, 5) is 11.6. The van der Waals surface area contributed by atoms with Gasteiger partial charge < -0.3 is 9.88 Å². The third-order valence-corrected chi connectivity index (χ3v) is 4.38. The van der Waals surface area contributed by atoms with Gasteiger partial charge in [-0.25, -0.2) is 0 Å². The molecule has 0 atom stereocenters. The molecule has 1 aliphatic rings. The zero-order chi connectivity index (χ0) is 14.8. The van der Waals surface area contributed by atoms with Crippen LogP contribution in [0.1, 0.15) is 36.8 Å². The lowest BCUT2D eigenvalue weighted by Gasteiger charge is -2.37. The molecule has 0 amide bonds. The monoisotopic (exact) mass is 282 g/mol. The van der Waals surface area contributed by atoms with E-state index in [9.17, 15) is 4.79 Å². The fraction of sp³-hybridized carbons (Fsp3) is 0.389. The molecule has 0 unspecified atom stereocenters. The summed E-state index contributed by atoms with van der Waals surface area (Å²) in [5, 5.41) is 3.53. The van der Waals surface area contributed by atoms with Crippen molar-refractivity contribution in [3.63, 3.8) is 0 Å². The van der Waals surface area contributed by atoms with Gasteiger partial charge >= 0.3 is 0 Å². The van der Waals surface area contributed by atoms with Crippen LogP contribution in [0.15, 0.2) is 47.4 Å². The summed E-state index contributed by atoms with van der Waals surface area (Å²) in [5.74, 6) is 0.667. The van der Waals surface area contributed by atoms with E-state index in [1.807, 2.05) is 19.2 Å². The molecule has 21 heavy (non-hydrogen) atoms. The topological polar surface area (TPSA) is 34.0 Å². The number of hydrogen-bond acceptors (Lipinski definition) is 2. The molecule has 0 spiro atoms. The van der Waals surface area contributed by atoms with Crippen LogP contribution in [0.25, 0.3) is 0 Å². The average Bonchev–Trinajstić information content (AvgIpc) is 2.45.